The average molecular weight is 225 g/mol. The van der Waals surface area contributed by atoms with E-state index in [2.05, 4.69) is 11.6 Å². The van der Waals surface area contributed by atoms with Crippen LogP contribution in [0.15, 0.2) is 40.8 Å². The molecule has 0 saturated heterocycles. The molecule has 0 saturated carbocycles. The summed E-state index contributed by atoms with van der Waals surface area (Å²) in [6.07, 6.45) is 2.94. The van der Waals surface area contributed by atoms with Crippen molar-refractivity contribution in [2.45, 2.75) is 19.9 Å². The molecule has 0 aromatic carbocycles. The van der Waals surface area contributed by atoms with E-state index in [-0.39, 0.29) is 6.04 Å². The van der Waals surface area contributed by atoms with Gasteiger partial charge in [0, 0.05) is 11.7 Å². The summed E-state index contributed by atoms with van der Waals surface area (Å²) in [6.45, 7) is 6.50. The van der Waals surface area contributed by atoms with E-state index >= 15 is 0 Å². The molecule has 0 aromatic heterocycles. The quantitative estimate of drug-likeness (QED) is 0.428. The van der Waals surface area contributed by atoms with Crippen LogP contribution in [-0.4, -0.2) is 18.2 Å². The van der Waals surface area contributed by atoms with Gasteiger partial charge in [-0.1, -0.05) is 6.58 Å². The number of nitrogens with zero attached hydrogens (tertiary/aromatic N) is 1. The molecule has 0 aliphatic heterocycles. The highest BCUT2D eigenvalue weighted by atomic mass is 19.1. The Bertz CT molecular complexity index is 363. The van der Waals surface area contributed by atoms with Gasteiger partial charge in [0.2, 0.25) is 0 Å². The summed E-state index contributed by atoms with van der Waals surface area (Å²) in [6, 6.07) is -0.390. The predicted octanol–water partition coefficient (Wildman–Crippen LogP) is 1.20. The number of amides is 1. The highest BCUT2D eigenvalue weighted by molar-refractivity contribution is 5.96. The molecule has 0 aliphatic rings. The first-order chi connectivity index (χ1) is 7.38. The molecule has 16 heavy (non-hydrogen) atoms. The maximum atomic E-state index is 13.3. The van der Waals surface area contributed by atoms with Gasteiger partial charge in [-0.05, 0) is 31.6 Å². The SMILES string of the molecule is C=CC(=O)N=C/C(F)=C\C(=C(/C)N)C(C)N. The second kappa shape index (κ2) is 6.68. The Labute approximate surface area is 94.2 Å². The molecule has 1 atom stereocenters. The Morgan fingerprint density at radius 2 is 2.12 bits per heavy atom. The lowest BCUT2D eigenvalue weighted by Crippen LogP contribution is -2.20. The number of allylic oxidation sites excluding steroid dienone is 2. The van der Waals surface area contributed by atoms with Crippen molar-refractivity contribution in [2.24, 2.45) is 16.5 Å². The number of carbonyl (C=O) groups is 1. The number of nitrogens with two attached hydrogens (primary N) is 2. The number of aliphatic imine (C=N–C) groups is 1. The highest BCUT2D eigenvalue weighted by Gasteiger charge is 2.04. The number of hydrogen-bond donors (Lipinski definition) is 2. The van der Waals surface area contributed by atoms with Gasteiger partial charge in [0.25, 0.3) is 5.91 Å². The molecule has 4 nitrogen and oxygen atoms in total. The lowest BCUT2D eigenvalue weighted by molar-refractivity contribution is -0.113. The number of hydrogen-bond acceptors (Lipinski definition) is 3. The molecule has 0 radical (unpaired) electrons. The van der Waals surface area contributed by atoms with E-state index in [9.17, 15) is 9.18 Å². The molecule has 4 N–H and O–H groups in total. The first-order valence-corrected chi connectivity index (χ1v) is 4.68. The molecular weight excluding hydrogens is 209 g/mol. The highest BCUT2D eigenvalue weighted by Crippen LogP contribution is 2.08. The number of carbonyl (C=O) groups excluding carboxylic acids is 1. The zero-order valence-electron chi connectivity index (χ0n) is 9.40. The fourth-order valence-electron chi connectivity index (χ4n) is 0.968. The summed E-state index contributed by atoms with van der Waals surface area (Å²) in [5.41, 5.74) is 12.0. The van der Waals surface area contributed by atoms with Gasteiger partial charge >= 0.3 is 0 Å². The molecule has 5 heteroatoms. The summed E-state index contributed by atoms with van der Waals surface area (Å²) in [7, 11) is 0. The summed E-state index contributed by atoms with van der Waals surface area (Å²) < 4.78 is 13.3. The van der Waals surface area contributed by atoms with Crippen molar-refractivity contribution in [2.75, 3.05) is 0 Å². The topological polar surface area (TPSA) is 81.5 Å². The van der Waals surface area contributed by atoms with Gasteiger partial charge in [-0.15, -0.1) is 0 Å². The lowest BCUT2D eigenvalue weighted by atomic mass is 10.1. The van der Waals surface area contributed by atoms with Gasteiger partial charge < -0.3 is 11.5 Å². The zero-order valence-corrected chi connectivity index (χ0v) is 9.40. The summed E-state index contributed by atoms with van der Waals surface area (Å²) in [5, 5.41) is 0. The second-order valence-electron chi connectivity index (χ2n) is 3.26. The van der Waals surface area contributed by atoms with Crippen molar-refractivity contribution in [3.05, 3.63) is 35.8 Å². The minimum atomic E-state index is -0.688. The van der Waals surface area contributed by atoms with Gasteiger partial charge in [-0.3, -0.25) is 4.79 Å². The van der Waals surface area contributed by atoms with Crippen LogP contribution in [0.3, 0.4) is 0 Å². The van der Waals surface area contributed by atoms with Gasteiger partial charge in [-0.25, -0.2) is 9.38 Å². The van der Waals surface area contributed by atoms with Crippen LogP contribution in [-0.2, 0) is 4.79 Å². The minimum Gasteiger partial charge on any atom is -0.402 e. The summed E-state index contributed by atoms with van der Waals surface area (Å²) in [4.78, 5) is 14.0. The molecule has 0 spiro atoms. The lowest BCUT2D eigenvalue weighted by Gasteiger charge is -2.08. The van der Waals surface area contributed by atoms with Crippen LogP contribution < -0.4 is 11.5 Å². The van der Waals surface area contributed by atoms with Crippen LogP contribution in [0.25, 0.3) is 0 Å². The Balaban J connectivity index is 4.90. The van der Waals surface area contributed by atoms with E-state index in [0.29, 0.717) is 11.3 Å². The van der Waals surface area contributed by atoms with Crippen molar-refractivity contribution in [3.63, 3.8) is 0 Å². The third-order valence-corrected chi connectivity index (χ3v) is 1.73. The van der Waals surface area contributed by atoms with E-state index in [0.717, 1.165) is 18.4 Å². The van der Waals surface area contributed by atoms with Gasteiger partial charge in [0.15, 0.2) is 0 Å². The molecule has 88 valence electrons. The summed E-state index contributed by atoms with van der Waals surface area (Å²) in [5.74, 6) is -1.30. The Kier molecular flexibility index (Phi) is 5.95. The first-order valence-electron chi connectivity index (χ1n) is 4.68. The first kappa shape index (κ1) is 14.2. The predicted molar refractivity (Wildman–Crippen MR) is 63.4 cm³/mol. The van der Waals surface area contributed by atoms with E-state index < -0.39 is 11.7 Å². The maximum Gasteiger partial charge on any atom is 0.269 e. The van der Waals surface area contributed by atoms with E-state index in [1.807, 2.05) is 0 Å². The van der Waals surface area contributed by atoms with Gasteiger partial charge in [0.05, 0.1) is 6.21 Å². The van der Waals surface area contributed by atoms with Crippen molar-refractivity contribution in [3.8, 4) is 0 Å². The van der Waals surface area contributed by atoms with Crippen molar-refractivity contribution < 1.29 is 9.18 Å². The van der Waals surface area contributed by atoms with Gasteiger partial charge in [0.1, 0.15) is 5.83 Å². The number of rotatable bonds is 4. The molecule has 0 heterocycles. The Hall–Kier alpha value is -1.75. The van der Waals surface area contributed by atoms with Crippen LogP contribution in [0, 0.1) is 0 Å². The van der Waals surface area contributed by atoms with Crippen LogP contribution in [0.5, 0.6) is 0 Å². The van der Waals surface area contributed by atoms with Crippen molar-refractivity contribution >= 4 is 12.1 Å². The molecule has 0 aliphatic carbocycles. The largest absolute Gasteiger partial charge is 0.402 e. The number of halogens is 1. The van der Waals surface area contributed by atoms with Crippen molar-refractivity contribution in [1.29, 1.82) is 0 Å². The van der Waals surface area contributed by atoms with Gasteiger partial charge in [-0.2, -0.15) is 0 Å². The molecular formula is C11H16FN3O. The fourth-order valence-corrected chi connectivity index (χ4v) is 0.968. The normalized spacial score (nSPS) is 15.9. The average Bonchev–Trinajstić information content (AvgIpc) is 2.21. The van der Waals surface area contributed by atoms with Crippen LogP contribution in [0.4, 0.5) is 4.39 Å². The van der Waals surface area contributed by atoms with E-state index in [4.69, 9.17) is 11.5 Å². The molecule has 0 rings (SSSR count). The molecule has 0 bridgehead atoms. The summed E-state index contributed by atoms with van der Waals surface area (Å²) >= 11 is 0. The van der Waals surface area contributed by atoms with Crippen molar-refractivity contribution in [1.82, 2.24) is 0 Å². The van der Waals surface area contributed by atoms with Crippen LogP contribution >= 0.6 is 0 Å². The molecule has 1 unspecified atom stereocenters. The second-order valence-corrected chi connectivity index (χ2v) is 3.26. The standard InChI is InChI=1S/C11H16FN3O/c1-4-11(16)15-6-9(12)5-10(7(2)13)8(3)14/h4-7H,1,13-14H2,2-3H3/b9-5+,10-8-,15-6?. The minimum absolute atomic E-state index is 0.390. The fraction of sp³-hybridized carbons (Fsp3) is 0.273. The maximum absolute atomic E-state index is 13.3. The third kappa shape index (κ3) is 5.21. The third-order valence-electron chi connectivity index (χ3n) is 1.73. The molecule has 0 aromatic rings. The Morgan fingerprint density at radius 1 is 1.56 bits per heavy atom. The smallest absolute Gasteiger partial charge is 0.269 e. The van der Waals surface area contributed by atoms with E-state index in [1.54, 1.807) is 13.8 Å². The Morgan fingerprint density at radius 3 is 2.50 bits per heavy atom. The monoisotopic (exact) mass is 225 g/mol. The molecule has 0 fully saturated rings. The van der Waals surface area contributed by atoms with Crippen LogP contribution in [0.2, 0.25) is 0 Å². The zero-order chi connectivity index (χ0) is 12.7. The van der Waals surface area contributed by atoms with E-state index in [1.165, 1.54) is 0 Å². The van der Waals surface area contributed by atoms with Crippen LogP contribution in [0.1, 0.15) is 13.8 Å². The molecule has 1 amide bonds.